The molecule has 0 radical (unpaired) electrons. The highest BCUT2D eigenvalue weighted by molar-refractivity contribution is 5.93. The lowest BCUT2D eigenvalue weighted by molar-refractivity contribution is 0.0668. The second kappa shape index (κ2) is 6.65. The van der Waals surface area contributed by atoms with Crippen molar-refractivity contribution in [1.29, 1.82) is 0 Å². The van der Waals surface area contributed by atoms with Crippen molar-refractivity contribution < 1.29 is 9.53 Å². The Morgan fingerprint density at radius 1 is 1.47 bits per heavy atom. The molecule has 1 aromatic carbocycles. The lowest BCUT2D eigenvalue weighted by Gasteiger charge is -2.21. The van der Waals surface area contributed by atoms with Crippen LogP contribution in [0.5, 0.6) is 0 Å². The first-order chi connectivity index (χ1) is 9.19. The lowest BCUT2D eigenvalue weighted by atomic mass is 10.1. The summed E-state index contributed by atoms with van der Waals surface area (Å²) in [6.07, 6.45) is 1.35. The molecule has 1 atom stereocenters. The summed E-state index contributed by atoms with van der Waals surface area (Å²) in [4.78, 5) is 13.7. The van der Waals surface area contributed by atoms with Crippen LogP contribution in [0.1, 0.15) is 29.3 Å². The summed E-state index contributed by atoms with van der Waals surface area (Å²) in [5.74, 6) is 4.84. The van der Waals surface area contributed by atoms with E-state index in [2.05, 4.69) is 17.2 Å². The Kier molecular flexibility index (Phi) is 4.90. The van der Waals surface area contributed by atoms with Crippen LogP contribution in [0.2, 0.25) is 0 Å². The number of rotatable bonds is 3. The fourth-order valence-electron chi connectivity index (χ4n) is 2.33. The van der Waals surface area contributed by atoms with Crippen molar-refractivity contribution >= 4 is 5.91 Å². The Bertz CT molecular complexity index is 419. The molecule has 0 spiro atoms. The second-order valence-electron chi connectivity index (χ2n) is 4.94. The van der Waals surface area contributed by atoms with Gasteiger partial charge in [-0.3, -0.25) is 15.1 Å². The Labute approximate surface area is 113 Å². The van der Waals surface area contributed by atoms with Crippen LogP contribution in [-0.4, -0.2) is 36.6 Å². The van der Waals surface area contributed by atoms with Crippen LogP contribution >= 0.6 is 0 Å². The smallest absolute Gasteiger partial charge is 0.265 e. The molecule has 1 saturated heterocycles. The molecule has 0 aromatic heterocycles. The van der Waals surface area contributed by atoms with E-state index in [9.17, 15) is 4.79 Å². The number of hydrogen-bond donors (Lipinski definition) is 2. The summed E-state index contributed by atoms with van der Waals surface area (Å²) in [5, 5.41) is 0. The van der Waals surface area contributed by atoms with Gasteiger partial charge < -0.3 is 4.74 Å². The van der Waals surface area contributed by atoms with Crippen LogP contribution in [0.4, 0.5) is 0 Å². The Balaban J connectivity index is 1.96. The zero-order valence-corrected chi connectivity index (χ0v) is 11.3. The zero-order chi connectivity index (χ0) is 13.7. The van der Waals surface area contributed by atoms with Crippen molar-refractivity contribution in [3.05, 3.63) is 35.4 Å². The standard InChI is InChI=1S/C14H21N3O2/c1-11-9-17(7-2-8-19-11)10-12-3-5-13(6-4-12)14(18)16-15/h3-6,11H,2,7-10,15H2,1H3,(H,16,18). The van der Waals surface area contributed by atoms with E-state index in [1.165, 1.54) is 5.56 Å². The predicted octanol–water partition coefficient (Wildman–Crippen LogP) is 0.901. The van der Waals surface area contributed by atoms with Crippen LogP contribution in [0.25, 0.3) is 0 Å². The molecular formula is C14H21N3O2. The monoisotopic (exact) mass is 263 g/mol. The number of nitrogens with zero attached hydrogens (tertiary/aromatic N) is 1. The normalized spacial score (nSPS) is 20.8. The molecular weight excluding hydrogens is 242 g/mol. The van der Waals surface area contributed by atoms with Crippen molar-refractivity contribution in [2.45, 2.75) is 26.0 Å². The highest BCUT2D eigenvalue weighted by Crippen LogP contribution is 2.11. The van der Waals surface area contributed by atoms with E-state index in [1.807, 2.05) is 12.1 Å². The maximum Gasteiger partial charge on any atom is 0.265 e. The number of nitrogens with one attached hydrogen (secondary N) is 1. The molecule has 3 N–H and O–H groups in total. The summed E-state index contributed by atoms with van der Waals surface area (Å²) in [6.45, 7) is 5.83. The van der Waals surface area contributed by atoms with Gasteiger partial charge in [-0.25, -0.2) is 5.84 Å². The van der Waals surface area contributed by atoms with Crippen molar-refractivity contribution in [2.75, 3.05) is 19.7 Å². The summed E-state index contributed by atoms with van der Waals surface area (Å²) >= 11 is 0. The molecule has 5 nitrogen and oxygen atoms in total. The first-order valence-corrected chi connectivity index (χ1v) is 6.63. The Hall–Kier alpha value is -1.43. The third-order valence-corrected chi connectivity index (χ3v) is 3.29. The molecule has 19 heavy (non-hydrogen) atoms. The molecule has 1 aliphatic rings. The third-order valence-electron chi connectivity index (χ3n) is 3.29. The molecule has 1 unspecified atom stereocenters. The van der Waals surface area contributed by atoms with E-state index < -0.39 is 0 Å². The maximum absolute atomic E-state index is 11.3. The first-order valence-electron chi connectivity index (χ1n) is 6.63. The molecule has 0 saturated carbocycles. The van der Waals surface area contributed by atoms with Crippen molar-refractivity contribution in [3.63, 3.8) is 0 Å². The highest BCUT2D eigenvalue weighted by atomic mass is 16.5. The Morgan fingerprint density at radius 2 is 2.21 bits per heavy atom. The van der Waals surface area contributed by atoms with Crippen LogP contribution in [0.3, 0.4) is 0 Å². The fourth-order valence-corrected chi connectivity index (χ4v) is 2.33. The number of carbonyl (C=O) groups is 1. The molecule has 104 valence electrons. The molecule has 0 aliphatic carbocycles. The van der Waals surface area contributed by atoms with Gasteiger partial charge in [0.2, 0.25) is 0 Å². The molecule has 1 aliphatic heterocycles. The van der Waals surface area contributed by atoms with Crippen LogP contribution < -0.4 is 11.3 Å². The van der Waals surface area contributed by atoms with Crippen LogP contribution in [-0.2, 0) is 11.3 Å². The molecule has 1 aromatic rings. The largest absolute Gasteiger partial charge is 0.377 e. The predicted molar refractivity (Wildman–Crippen MR) is 73.4 cm³/mol. The zero-order valence-electron chi connectivity index (χ0n) is 11.3. The number of ether oxygens (including phenoxy) is 1. The van der Waals surface area contributed by atoms with E-state index in [0.29, 0.717) is 5.56 Å². The quantitative estimate of drug-likeness (QED) is 0.483. The summed E-state index contributed by atoms with van der Waals surface area (Å²) < 4.78 is 5.63. The SMILES string of the molecule is CC1CN(Cc2ccc(C(=O)NN)cc2)CCCO1. The number of nitrogen functional groups attached to an aromatic ring is 1. The third kappa shape index (κ3) is 4.02. The molecule has 2 rings (SSSR count). The van der Waals surface area contributed by atoms with Gasteiger partial charge >= 0.3 is 0 Å². The number of hydrogen-bond acceptors (Lipinski definition) is 4. The molecule has 1 fully saturated rings. The van der Waals surface area contributed by atoms with Gasteiger partial charge in [0.25, 0.3) is 5.91 Å². The lowest BCUT2D eigenvalue weighted by Crippen LogP contribution is -2.30. The van der Waals surface area contributed by atoms with Gasteiger partial charge in [-0.2, -0.15) is 0 Å². The van der Waals surface area contributed by atoms with E-state index >= 15 is 0 Å². The number of hydrazine groups is 1. The van der Waals surface area contributed by atoms with Gasteiger partial charge in [0.15, 0.2) is 0 Å². The van der Waals surface area contributed by atoms with E-state index in [4.69, 9.17) is 10.6 Å². The highest BCUT2D eigenvalue weighted by Gasteiger charge is 2.15. The van der Waals surface area contributed by atoms with Crippen molar-refractivity contribution in [1.82, 2.24) is 10.3 Å². The van der Waals surface area contributed by atoms with Gasteiger partial charge in [-0.15, -0.1) is 0 Å². The number of carbonyl (C=O) groups excluding carboxylic acids is 1. The first kappa shape index (κ1) is 14.0. The second-order valence-corrected chi connectivity index (χ2v) is 4.94. The van der Waals surface area contributed by atoms with E-state index in [1.54, 1.807) is 12.1 Å². The number of benzene rings is 1. The van der Waals surface area contributed by atoms with Gasteiger partial charge in [-0.1, -0.05) is 12.1 Å². The summed E-state index contributed by atoms with van der Waals surface area (Å²) in [5.41, 5.74) is 3.91. The average Bonchev–Trinajstić information content (AvgIpc) is 2.63. The molecule has 0 bridgehead atoms. The minimum atomic E-state index is -0.261. The van der Waals surface area contributed by atoms with Crippen LogP contribution in [0, 0.1) is 0 Å². The molecule has 1 heterocycles. The fraction of sp³-hybridized carbons (Fsp3) is 0.500. The van der Waals surface area contributed by atoms with Crippen molar-refractivity contribution in [3.8, 4) is 0 Å². The van der Waals surface area contributed by atoms with Gasteiger partial charge in [0.1, 0.15) is 0 Å². The summed E-state index contributed by atoms with van der Waals surface area (Å²) in [6, 6.07) is 7.55. The number of amides is 1. The average molecular weight is 263 g/mol. The number of nitrogens with two attached hydrogens (primary N) is 1. The maximum atomic E-state index is 11.3. The van der Waals surface area contributed by atoms with E-state index in [0.717, 1.165) is 32.7 Å². The minimum Gasteiger partial charge on any atom is -0.377 e. The molecule has 1 amide bonds. The van der Waals surface area contributed by atoms with Crippen LogP contribution in [0.15, 0.2) is 24.3 Å². The Morgan fingerprint density at radius 3 is 2.89 bits per heavy atom. The van der Waals surface area contributed by atoms with E-state index in [-0.39, 0.29) is 12.0 Å². The van der Waals surface area contributed by atoms with Gasteiger partial charge in [0, 0.05) is 31.8 Å². The van der Waals surface area contributed by atoms with Crippen molar-refractivity contribution in [2.24, 2.45) is 5.84 Å². The molecule has 5 heteroatoms. The minimum absolute atomic E-state index is 0.261. The summed E-state index contributed by atoms with van der Waals surface area (Å²) in [7, 11) is 0. The topological polar surface area (TPSA) is 67.6 Å². The van der Waals surface area contributed by atoms with Gasteiger partial charge in [-0.05, 0) is 31.0 Å². The van der Waals surface area contributed by atoms with Gasteiger partial charge in [0.05, 0.1) is 6.10 Å².